The van der Waals surface area contributed by atoms with Gasteiger partial charge in [-0.2, -0.15) is 0 Å². The molecule has 0 saturated heterocycles. The number of benzene rings is 1. The number of alkyl carbamates (subject to hydrolysis) is 1. The Kier molecular flexibility index (Phi) is 10.4. The molecular weight excluding hydrogens is 430 g/mol. The maximum absolute atomic E-state index is 13.7. The van der Waals surface area contributed by atoms with Crippen molar-refractivity contribution in [2.45, 2.75) is 104 Å². The summed E-state index contributed by atoms with van der Waals surface area (Å²) in [4.78, 5) is 40.9. The van der Waals surface area contributed by atoms with Crippen LogP contribution in [0.25, 0.3) is 0 Å². The van der Waals surface area contributed by atoms with Gasteiger partial charge in [0.25, 0.3) is 0 Å². The van der Waals surface area contributed by atoms with Crippen molar-refractivity contribution in [2.24, 2.45) is 0 Å². The van der Waals surface area contributed by atoms with Crippen LogP contribution >= 0.6 is 0 Å². The van der Waals surface area contributed by atoms with Crippen LogP contribution in [0.15, 0.2) is 18.2 Å². The lowest BCUT2D eigenvalue weighted by Crippen LogP contribution is -2.50. The van der Waals surface area contributed by atoms with E-state index >= 15 is 0 Å². The van der Waals surface area contributed by atoms with E-state index in [2.05, 4.69) is 17.6 Å². The largest absolute Gasteiger partial charge is 0.444 e. The summed E-state index contributed by atoms with van der Waals surface area (Å²) in [7, 11) is 0. The highest BCUT2D eigenvalue weighted by Gasteiger charge is 2.34. The Morgan fingerprint density at radius 1 is 1.12 bits per heavy atom. The molecule has 1 aliphatic rings. The Labute approximate surface area is 205 Å². The molecule has 34 heavy (non-hydrogen) atoms. The van der Waals surface area contributed by atoms with E-state index in [4.69, 9.17) is 4.74 Å². The number of hydrogen-bond acceptors (Lipinski definition) is 4. The highest BCUT2D eigenvalue weighted by molar-refractivity contribution is 5.91. The van der Waals surface area contributed by atoms with Gasteiger partial charge in [0, 0.05) is 12.6 Å². The molecule has 0 aromatic heterocycles. The third kappa shape index (κ3) is 8.33. The van der Waals surface area contributed by atoms with Crippen LogP contribution in [0.5, 0.6) is 0 Å². The van der Waals surface area contributed by atoms with Gasteiger partial charge in [0.1, 0.15) is 18.2 Å². The zero-order valence-corrected chi connectivity index (χ0v) is 21.8. The van der Waals surface area contributed by atoms with Crippen LogP contribution in [-0.4, -0.2) is 47.5 Å². The van der Waals surface area contributed by atoms with Crippen molar-refractivity contribution in [3.05, 3.63) is 34.9 Å². The van der Waals surface area contributed by atoms with Gasteiger partial charge in [-0.1, -0.05) is 50.8 Å². The fourth-order valence-corrected chi connectivity index (χ4v) is 4.34. The van der Waals surface area contributed by atoms with Crippen LogP contribution in [0.4, 0.5) is 4.79 Å². The van der Waals surface area contributed by atoms with Crippen molar-refractivity contribution in [3.8, 4) is 0 Å². The van der Waals surface area contributed by atoms with Crippen molar-refractivity contribution in [2.75, 3.05) is 13.1 Å². The maximum Gasteiger partial charge on any atom is 0.408 e. The highest BCUT2D eigenvalue weighted by Crippen LogP contribution is 2.28. The Balaban J connectivity index is 2.32. The Bertz CT molecular complexity index is 841. The minimum atomic E-state index is -0.749. The molecule has 0 spiro atoms. The van der Waals surface area contributed by atoms with Gasteiger partial charge in [0.05, 0.1) is 0 Å². The molecule has 190 valence electrons. The second-order valence-electron chi connectivity index (χ2n) is 10.3. The van der Waals surface area contributed by atoms with Crippen molar-refractivity contribution in [3.63, 3.8) is 0 Å². The fraction of sp³-hybridized carbons (Fsp3) is 0.667. The summed E-state index contributed by atoms with van der Waals surface area (Å²) < 4.78 is 5.28. The molecule has 3 amide bonds. The first-order valence-electron chi connectivity index (χ1n) is 12.7. The van der Waals surface area contributed by atoms with E-state index in [9.17, 15) is 14.4 Å². The predicted octanol–water partition coefficient (Wildman–Crippen LogP) is 4.95. The predicted molar refractivity (Wildman–Crippen MR) is 135 cm³/mol. The average molecular weight is 474 g/mol. The third-order valence-electron chi connectivity index (χ3n) is 6.31. The zero-order valence-electron chi connectivity index (χ0n) is 21.8. The molecule has 7 nitrogen and oxygen atoms in total. The molecule has 1 aliphatic carbocycles. The van der Waals surface area contributed by atoms with E-state index in [0.29, 0.717) is 6.54 Å². The van der Waals surface area contributed by atoms with E-state index in [-0.39, 0.29) is 24.4 Å². The van der Waals surface area contributed by atoms with E-state index in [1.807, 2.05) is 32.0 Å². The first kappa shape index (κ1) is 27.7. The standard InChI is InChI=1S/C27H43N3O4/c1-7-8-17-30(23(31)18-28-26(33)34-27(4,5)6)24(22-16-12-13-19(2)20(22)3)25(32)29-21-14-10-9-11-15-21/h12-13,16,21,24H,7-11,14-15,17-18H2,1-6H3,(H,28,33)(H,29,32). The van der Waals surface area contributed by atoms with Gasteiger partial charge < -0.3 is 20.3 Å². The highest BCUT2D eigenvalue weighted by atomic mass is 16.6. The SMILES string of the molecule is CCCCN(C(=O)CNC(=O)OC(C)(C)C)C(C(=O)NC1CCCCC1)c1cccc(C)c1C. The van der Waals surface area contributed by atoms with Crippen LogP contribution < -0.4 is 10.6 Å². The molecule has 1 unspecified atom stereocenters. The second kappa shape index (κ2) is 12.8. The maximum atomic E-state index is 13.7. The molecule has 2 N–H and O–H groups in total. The number of nitrogens with one attached hydrogen (secondary N) is 2. The number of aryl methyl sites for hydroxylation is 1. The van der Waals surface area contributed by atoms with Gasteiger partial charge in [0.15, 0.2) is 0 Å². The van der Waals surface area contributed by atoms with Crippen LogP contribution in [0.3, 0.4) is 0 Å². The smallest absolute Gasteiger partial charge is 0.408 e. The number of carbonyl (C=O) groups excluding carboxylic acids is 3. The van der Waals surface area contributed by atoms with Gasteiger partial charge in [-0.3, -0.25) is 9.59 Å². The molecule has 1 atom stereocenters. The summed E-state index contributed by atoms with van der Waals surface area (Å²) >= 11 is 0. The molecule has 0 heterocycles. The van der Waals surface area contributed by atoms with Crippen molar-refractivity contribution < 1.29 is 19.1 Å². The van der Waals surface area contributed by atoms with Crippen molar-refractivity contribution in [1.82, 2.24) is 15.5 Å². The lowest BCUT2D eigenvalue weighted by molar-refractivity contribution is -0.140. The minimum Gasteiger partial charge on any atom is -0.444 e. The van der Waals surface area contributed by atoms with Gasteiger partial charge >= 0.3 is 6.09 Å². The van der Waals surface area contributed by atoms with E-state index < -0.39 is 17.7 Å². The average Bonchev–Trinajstić information content (AvgIpc) is 2.77. The number of nitrogens with zero attached hydrogens (tertiary/aromatic N) is 1. The van der Waals surface area contributed by atoms with Gasteiger partial charge in [-0.05, 0) is 70.6 Å². The molecule has 1 aromatic carbocycles. The molecule has 0 aliphatic heterocycles. The molecule has 7 heteroatoms. The van der Waals surface area contributed by atoms with E-state index in [1.165, 1.54) is 6.42 Å². The summed E-state index contributed by atoms with van der Waals surface area (Å²) in [6, 6.07) is 5.26. The number of ether oxygens (including phenoxy) is 1. The molecule has 2 rings (SSSR count). The summed E-state index contributed by atoms with van der Waals surface area (Å²) in [6.45, 7) is 11.6. The van der Waals surface area contributed by atoms with Gasteiger partial charge in [0.2, 0.25) is 11.8 Å². The first-order chi connectivity index (χ1) is 16.0. The number of rotatable bonds is 9. The molecule has 0 bridgehead atoms. The van der Waals surface area contributed by atoms with Crippen LogP contribution in [0, 0.1) is 13.8 Å². The lowest BCUT2D eigenvalue weighted by atomic mass is 9.93. The van der Waals surface area contributed by atoms with Crippen LogP contribution in [-0.2, 0) is 14.3 Å². The van der Waals surface area contributed by atoms with Crippen molar-refractivity contribution >= 4 is 17.9 Å². The Morgan fingerprint density at radius 3 is 2.41 bits per heavy atom. The summed E-state index contributed by atoms with van der Waals surface area (Å²) in [5, 5.41) is 5.79. The molecular formula is C27H43N3O4. The number of hydrogen-bond donors (Lipinski definition) is 2. The molecule has 1 aromatic rings. The topological polar surface area (TPSA) is 87.7 Å². The zero-order chi connectivity index (χ0) is 25.3. The van der Waals surface area contributed by atoms with Crippen LogP contribution in [0.2, 0.25) is 0 Å². The Hall–Kier alpha value is -2.57. The second-order valence-corrected chi connectivity index (χ2v) is 10.3. The first-order valence-corrected chi connectivity index (χ1v) is 12.7. The van der Waals surface area contributed by atoms with E-state index in [0.717, 1.165) is 55.2 Å². The number of carbonyl (C=O) groups is 3. The normalized spacial score (nSPS) is 15.4. The minimum absolute atomic E-state index is 0.136. The monoisotopic (exact) mass is 473 g/mol. The van der Waals surface area contributed by atoms with E-state index in [1.54, 1.807) is 25.7 Å². The summed E-state index contributed by atoms with van der Waals surface area (Å²) in [5.74, 6) is -0.452. The lowest BCUT2D eigenvalue weighted by Gasteiger charge is -2.34. The fourth-order valence-electron chi connectivity index (χ4n) is 4.34. The Morgan fingerprint density at radius 2 is 1.79 bits per heavy atom. The summed E-state index contributed by atoms with van der Waals surface area (Å²) in [6.07, 6.45) is 6.34. The van der Waals surface area contributed by atoms with Crippen molar-refractivity contribution in [1.29, 1.82) is 0 Å². The molecule has 0 radical (unpaired) electrons. The van der Waals surface area contributed by atoms with Gasteiger partial charge in [-0.15, -0.1) is 0 Å². The number of unbranched alkanes of at least 4 members (excludes halogenated alkanes) is 1. The quantitative estimate of drug-likeness (QED) is 0.531. The van der Waals surface area contributed by atoms with Gasteiger partial charge in [-0.25, -0.2) is 4.79 Å². The van der Waals surface area contributed by atoms with Crippen LogP contribution in [0.1, 0.15) is 95.4 Å². The third-order valence-corrected chi connectivity index (χ3v) is 6.31. The summed E-state index contributed by atoms with van der Waals surface area (Å²) in [5.41, 5.74) is 2.24. The molecule has 1 saturated carbocycles. The number of amides is 3. The molecule has 1 fully saturated rings.